The van der Waals surface area contributed by atoms with E-state index in [1.54, 1.807) is 0 Å². The Morgan fingerprint density at radius 1 is 1.33 bits per heavy atom. The number of alkyl halides is 1. The standard InChI is InChI=1S/C11H13BrFN.ClH/c12-9-5-2-1-4-8(9)11-10(13)6-3-7-14-11;/h1-2,4-5,10-11,14H,3,6-7H2;1H. The summed E-state index contributed by atoms with van der Waals surface area (Å²) >= 11 is 3.45. The van der Waals surface area contributed by atoms with E-state index in [1.807, 2.05) is 24.3 Å². The highest BCUT2D eigenvalue weighted by molar-refractivity contribution is 9.10. The van der Waals surface area contributed by atoms with Gasteiger partial charge in [-0.15, -0.1) is 12.4 Å². The molecule has 2 rings (SSSR count). The summed E-state index contributed by atoms with van der Waals surface area (Å²) in [4.78, 5) is 0. The minimum absolute atomic E-state index is 0. The maximum Gasteiger partial charge on any atom is 0.120 e. The molecule has 15 heavy (non-hydrogen) atoms. The number of rotatable bonds is 1. The Morgan fingerprint density at radius 2 is 2.07 bits per heavy atom. The maximum absolute atomic E-state index is 13.6. The van der Waals surface area contributed by atoms with E-state index in [2.05, 4.69) is 21.2 Å². The molecule has 0 spiro atoms. The number of piperidine rings is 1. The van der Waals surface area contributed by atoms with Crippen molar-refractivity contribution in [1.82, 2.24) is 5.32 Å². The van der Waals surface area contributed by atoms with Crippen LogP contribution in [0.1, 0.15) is 24.4 Å². The Bertz CT molecular complexity index is 321. The molecule has 2 unspecified atom stereocenters. The summed E-state index contributed by atoms with van der Waals surface area (Å²) < 4.78 is 14.6. The van der Waals surface area contributed by atoms with E-state index in [4.69, 9.17) is 0 Å². The second-order valence-corrected chi connectivity index (χ2v) is 4.47. The number of nitrogens with one attached hydrogen (secondary N) is 1. The molecule has 0 aliphatic carbocycles. The molecule has 0 amide bonds. The SMILES string of the molecule is Cl.FC1CCCNC1c1ccccc1Br. The van der Waals surface area contributed by atoms with Gasteiger partial charge in [0.05, 0.1) is 6.04 Å². The monoisotopic (exact) mass is 293 g/mol. The van der Waals surface area contributed by atoms with E-state index in [0.717, 1.165) is 23.0 Å². The first-order chi connectivity index (χ1) is 6.79. The second kappa shape index (κ2) is 5.83. The lowest BCUT2D eigenvalue weighted by Gasteiger charge is -2.28. The molecule has 0 saturated carbocycles. The van der Waals surface area contributed by atoms with Gasteiger partial charge in [-0.1, -0.05) is 34.1 Å². The van der Waals surface area contributed by atoms with Gasteiger partial charge in [0, 0.05) is 4.47 Å². The molecule has 1 heterocycles. The van der Waals surface area contributed by atoms with Gasteiger partial charge in [-0.05, 0) is 31.0 Å². The van der Waals surface area contributed by atoms with E-state index >= 15 is 0 Å². The molecule has 1 aliphatic rings. The molecule has 1 N–H and O–H groups in total. The zero-order chi connectivity index (χ0) is 9.97. The van der Waals surface area contributed by atoms with Gasteiger partial charge in [-0.3, -0.25) is 0 Å². The number of hydrogen-bond donors (Lipinski definition) is 1. The molecule has 1 aliphatic heterocycles. The third kappa shape index (κ3) is 2.92. The lowest BCUT2D eigenvalue weighted by molar-refractivity contribution is 0.201. The van der Waals surface area contributed by atoms with Gasteiger partial charge >= 0.3 is 0 Å². The number of benzene rings is 1. The van der Waals surface area contributed by atoms with Gasteiger partial charge in [0.2, 0.25) is 0 Å². The van der Waals surface area contributed by atoms with Crippen molar-refractivity contribution < 1.29 is 4.39 Å². The van der Waals surface area contributed by atoms with Crippen molar-refractivity contribution in [3.63, 3.8) is 0 Å². The summed E-state index contributed by atoms with van der Waals surface area (Å²) in [5.41, 5.74) is 1.03. The normalized spacial score (nSPS) is 25.7. The Labute approximate surface area is 104 Å². The molecule has 84 valence electrons. The van der Waals surface area contributed by atoms with Crippen LogP contribution in [0.4, 0.5) is 4.39 Å². The molecule has 2 atom stereocenters. The maximum atomic E-state index is 13.6. The highest BCUT2D eigenvalue weighted by Crippen LogP contribution is 2.30. The average molecular weight is 295 g/mol. The quantitative estimate of drug-likeness (QED) is 0.834. The van der Waals surface area contributed by atoms with Crippen LogP contribution in [0, 0.1) is 0 Å². The van der Waals surface area contributed by atoms with Crippen LogP contribution in [0.25, 0.3) is 0 Å². The molecule has 1 aromatic rings. The smallest absolute Gasteiger partial charge is 0.120 e. The minimum Gasteiger partial charge on any atom is -0.307 e. The van der Waals surface area contributed by atoms with E-state index in [9.17, 15) is 4.39 Å². The van der Waals surface area contributed by atoms with E-state index < -0.39 is 6.17 Å². The molecule has 1 aromatic carbocycles. The van der Waals surface area contributed by atoms with Gasteiger partial charge in [-0.25, -0.2) is 4.39 Å². The Kier molecular flexibility index (Phi) is 5.03. The number of halogens is 3. The highest BCUT2D eigenvalue weighted by atomic mass is 79.9. The molecule has 1 fully saturated rings. The van der Waals surface area contributed by atoms with Crippen molar-refractivity contribution in [3.05, 3.63) is 34.3 Å². The fraction of sp³-hybridized carbons (Fsp3) is 0.455. The van der Waals surface area contributed by atoms with Gasteiger partial charge in [-0.2, -0.15) is 0 Å². The Morgan fingerprint density at radius 3 is 2.73 bits per heavy atom. The third-order valence-electron chi connectivity index (χ3n) is 2.62. The molecule has 0 bridgehead atoms. The summed E-state index contributed by atoms with van der Waals surface area (Å²) in [5, 5.41) is 3.22. The summed E-state index contributed by atoms with van der Waals surface area (Å²) in [7, 11) is 0. The van der Waals surface area contributed by atoms with Crippen molar-refractivity contribution in [2.45, 2.75) is 25.1 Å². The van der Waals surface area contributed by atoms with Crippen LogP contribution in [-0.2, 0) is 0 Å². The van der Waals surface area contributed by atoms with Crippen LogP contribution < -0.4 is 5.32 Å². The predicted molar refractivity (Wildman–Crippen MR) is 66.3 cm³/mol. The zero-order valence-electron chi connectivity index (χ0n) is 8.25. The number of hydrogen-bond acceptors (Lipinski definition) is 1. The summed E-state index contributed by atoms with van der Waals surface area (Å²) in [6.07, 6.45) is 0.837. The fourth-order valence-electron chi connectivity index (χ4n) is 1.88. The van der Waals surface area contributed by atoms with Gasteiger partial charge < -0.3 is 5.32 Å². The first-order valence-corrected chi connectivity index (χ1v) is 5.70. The molecular formula is C11H14BrClFN. The van der Waals surface area contributed by atoms with Crippen molar-refractivity contribution in [2.75, 3.05) is 6.54 Å². The van der Waals surface area contributed by atoms with Crippen LogP contribution in [0.5, 0.6) is 0 Å². The first kappa shape index (κ1) is 12.9. The molecule has 0 aromatic heterocycles. The van der Waals surface area contributed by atoms with Crippen molar-refractivity contribution in [1.29, 1.82) is 0 Å². The Balaban J connectivity index is 0.00000112. The topological polar surface area (TPSA) is 12.0 Å². The summed E-state index contributed by atoms with van der Waals surface area (Å²) in [6.45, 7) is 0.909. The zero-order valence-corrected chi connectivity index (χ0v) is 10.7. The van der Waals surface area contributed by atoms with Gasteiger partial charge in [0.1, 0.15) is 6.17 Å². The summed E-state index contributed by atoms with van der Waals surface area (Å²) in [5.74, 6) is 0. The van der Waals surface area contributed by atoms with Crippen molar-refractivity contribution in [3.8, 4) is 0 Å². The molecule has 1 nitrogen and oxygen atoms in total. The largest absolute Gasteiger partial charge is 0.307 e. The van der Waals surface area contributed by atoms with Crippen LogP contribution in [0.3, 0.4) is 0 Å². The van der Waals surface area contributed by atoms with Crippen molar-refractivity contribution >= 4 is 28.3 Å². The molecule has 0 radical (unpaired) electrons. The molecular weight excluding hydrogens is 280 g/mol. The van der Waals surface area contributed by atoms with Crippen LogP contribution in [0.2, 0.25) is 0 Å². The highest BCUT2D eigenvalue weighted by Gasteiger charge is 2.26. The third-order valence-corrected chi connectivity index (χ3v) is 3.35. The van der Waals surface area contributed by atoms with E-state index in [0.29, 0.717) is 6.42 Å². The molecule has 4 heteroatoms. The summed E-state index contributed by atoms with van der Waals surface area (Å²) in [6, 6.07) is 7.68. The first-order valence-electron chi connectivity index (χ1n) is 4.91. The van der Waals surface area contributed by atoms with Crippen LogP contribution in [0.15, 0.2) is 28.7 Å². The van der Waals surface area contributed by atoms with Crippen LogP contribution >= 0.6 is 28.3 Å². The lowest BCUT2D eigenvalue weighted by atomic mass is 9.96. The lowest BCUT2D eigenvalue weighted by Crippen LogP contribution is -2.35. The van der Waals surface area contributed by atoms with Gasteiger partial charge in [0.15, 0.2) is 0 Å². The molecule has 1 saturated heterocycles. The van der Waals surface area contributed by atoms with Gasteiger partial charge in [0.25, 0.3) is 0 Å². The average Bonchev–Trinajstić information content (AvgIpc) is 2.20. The van der Waals surface area contributed by atoms with Crippen molar-refractivity contribution in [2.24, 2.45) is 0 Å². The predicted octanol–water partition coefficient (Wildman–Crippen LogP) is 3.63. The Hall–Kier alpha value is -0.120. The fourth-order valence-corrected chi connectivity index (χ4v) is 2.41. The second-order valence-electron chi connectivity index (χ2n) is 3.61. The minimum atomic E-state index is -0.762. The van der Waals surface area contributed by atoms with E-state index in [1.165, 1.54) is 0 Å². The van der Waals surface area contributed by atoms with Crippen LogP contribution in [-0.4, -0.2) is 12.7 Å². The van der Waals surface area contributed by atoms with E-state index in [-0.39, 0.29) is 18.4 Å².